The van der Waals surface area contributed by atoms with E-state index in [1.807, 2.05) is 62.4 Å². The number of anilines is 1. The highest BCUT2D eigenvalue weighted by molar-refractivity contribution is 7.89. The van der Waals surface area contributed by atoms with Crippen molar-refractivity contribution in [3.05, 3.63) is 100 Å². The normalized spacial score (nSPS) is 14.0. The molecule has 6 rings (SSSR count). The molecule has 1 amide bonds. The highest BCUT2D eigenvalue weighted by Gasteiger charge is 2.29. The SMILES string of the molecule is CC(C)N(Cc1ccccc1)S(=O)(=O)c1ccc(C(=O)Nc2sc3c(c2-c2nc4ccccc4s2)CCN(C)C3)cc1. The number of likely N-dealkylation sites (N-methyl/N-ethyl adjacent to an activating group) is 1. The lowest BCUT2D eigenvalue weighted by Crippen LogP contribution is -2.36. The van der Waals surface area contributed by atoms with Gasteiger partial charge in [-0.25, -0.2) is 13.4 Å². The van der Waals surface area contributed by atoms with E-state index in [4.69, 9.17) is 4.98 Å². The fourth-order valence-corrected chi connectivity index (χ4v) is 9.28. The molecule has 1 aliphatic heterocycles. The van der Waals surface area contributed by atoms with Crippen molar-refractivity contribution >= 4 is 53.8 Å². The van der Waals surface area contributed by atoms with Crippen LogP contribution in [-0.4, -0.2) is 48.1 Å². The van der Waals surface area contributed by atoms with Crippen molar-refractivity contribution in [1.82, 2.24) is 14.2 Å². The predicted molar refractivity (Wildman–Crippen MR) is 172 cm³/mol. The molecule has 1 aliphatic rings. The Morgan fingerprint density at radius 3 is 2.43 bits per heavy atom. The molecule has 42 heavy (non-hydrogen) atoms. The maximum atomic E-state index is 13.6. The van der Waals surface area contributed by atoms with Gasteiger partial charge in [0, 0.05) is 41.7 Å². The summed E-state index contributed by atoms with van der Waals surface area (Å²) in [5.74, 6) is -0.279. The Hall–Kier alpha value is -3.41. The molecule has 0 bridgehead atoms. The predicted octanol–water partition coefficient (Wildman–Crippen LogP) is 6.86. The van der Waals surface area contributed by atoms with Crippen LogP contribution in [-0.2, 0) is 29.5 Å². The van der Waals surface area contributed by atoms with Crippen molar-refractivity contribution < 1.29 is 13.2 Å². The number of nitrogens with zero attached hydrogens (tertiary/aromatic N) is 3. The Bertz CT molecular complexity index is 1810. The highest BCUT2D eigenvalue weighted by Crippen LogP contribution is 2.45. The molecule has 5 aromatic rings. The zero-order chi connectivity index (χ0) is 29.4. The first kappa shape index (κ1) is 28.7. The number of nitrogens with one attached hydrogen (secondary N) is 1. The van der Waals surface area contributed by atoms with E-state index in [2.05, 4.69) is 23.3 Å². The Morgan fingerprint density at radius 2 is 1.71 bits per heavy atom. The largest absolute Gasteiger partial charge is 0.313 e. The van der Waals surface area contributed by atoms with Gasteiger partial charge in [0.2, 0.25) is 10.0 Å². The summed E-state index contributed by atoms with van der Waals surface area (Å²) in [4.78, 5) is 22.1. The van der Waals surface area contributed by atoms with Gasteiger partial charge in [-0.1, -0.05) is 42.5 Å². The molecule has 0 saturated heterocycles. The summed E-state index contributed by atoms with van der Waals surface area (Å²) in [5.41, 5.74) is 4.51. The fraction of sp³-hybridized carbons (Fsp3) is 0.250. The molecule has 0 spiro atoms. The molecule has 0 atom stereocenters. The lowest BCUT2D eigenvalue weighted by molar-refractivity contribution is 0.102. The summed E-state index contributed by atoms with van der Waals surface area (Å²) >= 11 is 3.23. The van der Waals surface area contributed by atoms with Crippen LogP contribution < -0.4 is 5.32 Å². The van der Waals surface area contributed by atoms with Crippen LogP contribution in [0.1, 0.15) is 40.2 Å². The first-order valence-corrected chi connectivity index (χ1v) is 16.9. The molecule has 0 fully saturated rings. The van der Waals surface area contributed by atoms with E-state index in [-0.39, 0.29) is 23.4 Å². The van der Waals surface area contributed by atoms with Crippen molar-refractivity contribution in [3.63, 3.8) is 0 Å². The zero-order valence-electron chi connectivity index (χ0n) is 23.7. The number of carbonyl (C=O) groups excluding carboxylic acids is 1. The van der Waals surface area contributed by atoms with Gasteiger partial charge < -0.3 is 10.2 Å². The van der Waals surface area contributed by atoms with Gasteiger partial charge in [-0.2, -0.15) is 4.31 Å². The first-order chi connectivity index (χ1) is 20.2. The molecule has 3 heterocycles. The van der Waals surface area contributed by atoms with Crippen molar-refractivity contribution in [2.24, 2.45) is 0 Å². The third kappa shape index (κ3) is 5.65. The molecule has 7 nitrogen and oxygen atoms in total. The summed E-state index contributed by atoms with van der Waals surface area (Å²) in [6, 6.07) is 23.6. The Morgan fingerprint density at radius 1 is 1.00 bits per heavy atom. The van der Waals surface area contributed by atoms with E-state index in [9.17, 15) is 13.2 Å². The maximum absolute atomic E-state index is 13.6. The summed E-state index contributed by atoms with van der Waals surface area (Å²) in [6.45, 7) is 5.78. The van der Waals surface area contributed by atoms with Crippen LogP contribution in [0.25, 0.3) is 20.8 Å². The fourth-order valence-electron chi connectivity index (χ4n) is 5.22. The summed E-state index contributed by atoms with van der Waals surface area (Å²) < 4.78 is 29.8. The standard InChI is InChI=1S/C32H32N4O3S3/c1-21(2)36(19-22-9-5-4-6-10-22)42(38,39)24-15-13-23(14-16-24)30(37)34-32-29(25-17-18-35(3)20-28(25)41-32)31-33-26-11-7-8-12-27(26)40-31/h4-16,21H,17-20H2,1-3H3,(H,34,37). The number of thiazole rings is 1. The van der Waals surface area contributed by atoms with Gasteiger partial charge in [0.1, 0.15) is 10.0 Å². The number of para-hydroxylation sites is 1. The number of benzene rings is 3. The maximum Gasteiger partial charge on any atom is 0.256 e. The van der Waals surface area contributed by atoms with E-state index < -0.39 is 10.0 Å². The molecule has 0 radical (unpaired) electrons. The van der Waals surface area contributed by atoms with E-state index in [1.54, 1.807) is 34.8 Å². The second-order valence-electron chi connectivity index (χ2n) is 10.8. The number of aromatic nitrogens is 1. The second-order valence-corrected chi connectivity index (χ2v) is 14.8. The van der Waals surface area contributed by atoms with Crippen LogP contribution in [0.4, 0.5) is 5.00 Å². The second kappa shape index (κ2) is 11.7. The van der Waals surface area contributed by atoms with Crippen LogP contribution in [0.5, 0.6) is 0 Å². The number of thiophene rings is 1. The molecule has 0 unspecified atom stereocenters. The smallest absolute Gasteiger partial charge is 0.256 e. The highest BCUT2D eigenvalue weighted by atomic mass is 32.2. The minimum atomic E-state index is -3.77. The van der Waals surface area contributed by atoms with Crippen LogP contribution in [0.15, 0.2) is 83.8 Å². The van der Waals surface area contributed by atoms with Gasteiger partial charge in [-0.15, -0.1) is 22.7 Å². The van der Waals surface area contributed by atoms with Crippen molar-refractivity contribution in [2.75, 3.05) is 18.9 Å². The third-order valence-corrected chi connectivity index (χ3v) is 11.7. The summed E-state index contributed by atoms with van der Waals surface area (Å²) in [5, 5.41) is 4.83. The van der Waals surface area contributed by atoms with Gasteiger partial charge in [-0.3, -0.25) is 4.79 Å². The average molecular weight is 617 g/mol. The van der Waals surface area contributed by atoms with Gasteiger partial charge in [0.15, 0.2) is 0 Å². The third-order valence-electron chi connectivity index (χ3n) is 7.46. The first-order valence-electron chi connectivity index (χ1n) is 13.9. The van der Waals surface area contributed by atoms with E-state index in [0.29, 0.717) is 5.56 Å². The Balaban J connectivity index is 1.28. The lowest BCUT2D eigenvalue weighted by Gasteiger charge is -2.26. The average Bonchev–Trinajstić information content (AvgIpc) is 3.56. The van der Waals surface area contributed by atoms with Gasteiger partial charge in [0.25, 0.3) is 5.91 Å². The quantitative estimate of drug-likeness (QED) is 0.206. The van der Waals surface area contributed by atoms with E-state index in [0.717, 1.165) is 50.9 Å². The molecular weight excluding hydrogens is 585 g/mol. The van der Waals surface area contributed by atoms with Crippen molar-refractivity contribution in [2.45, 2.75) is 44.3 Å². The Kier molecular flexibility index (Phi) is 7.99. The number of amides is 1. The van der Waals surface area contributed by atoms with E-state index >= 15 is 0 Å². The molecule has 1 N–H and O–H groups in total. The zero-order valence-corrected chi connectivity index (χ0v) is 26.2. The molecule has 0 saturated carbocycles. The number of hydrogen-bond donors (Lipinski definition) is 1. The number of fused-ring (bicyclic) bond motifs is 2. The number of sulfonamides is 1. The monoisotopic (exact) mass is 616 g/mol. The van der Waals surface area contributed by atoms with E-state index in [1.165, 1.54) is 26.9 Å². The molecular formula is C32H32N4O3S3. The molecule has 10 heteroatoms. The number of hydrogen-bond acceptors (Lipinski definition) is 7. The minimum Gasteiger partial charge on any atom is -0.313 e. The summed E-state index contributed by atoms with van der Waals surface area (Å²) in [6.07, 6.45) is 0.894. The van der Waals surface area contributed by atoms with Crippen LogP contribution in [0, 0.1) is 0 Å². The van der Waals surface area contributed by atoms with Crippen molar-refractivity contribution in [3.8, 4) is 10.6 Å². The van der Waals surface area contributed by atoms with Crippen molar-refractivity contribution in [1.29, 1.82) is 0 Å². The van der Waals surface area contributed by atoms with Gasteiger partial charge in [0.05, 0.1) is 15.1 Å². The lowest BCUT2D eigenvalue weighted by atomic mass is 10.0. The topological polar surface area (TPSA) is 82.6 Å². The molecule has 216 valence electrons. The number of carbonyl (C=O) groups is 1. The molecule has 3 aromatic carbocycles. The minimum absolute atomic E-state index is 0.161. The molecule has 0 aliphatic carbocycles. The molecule has 2 aromatic heterocycles. The van der Waals surface area contributed by atoms with Crippen LogP contribution in [0.3, 0.4) is 0 Å². The van der Waals surface area contributed by atoms with Gasteiger partial charge >= 0.3 is 0 Å². The van der Waals surface area contributed by atoms with Crippen LogP contribution >= 0.6 is 22.7 Å². The van der Waals surface area contributed by atoms with Gasteiger partial charge in [-0.05, 0) is 74.8 Å². The Labute approximate surface area is 254 Å². The van der Waals surface area contributed by atoms with Crippen LogP contribution in [0.2, 0.25) is 0 Å². The summed E-state index contributed by atoms with van der Waals surface area (Å²) in [7, 11) is -1.67. The number of rotatable bonds is 8.